The molecular formula is C26H29NO5. The quantitative estimate of drug-likeness (QED) is 0.578. The zero-order valence-electron chi connectivity index (χ0n) is 18.7. The Morgan fingerprint density at radius 2 is 1.62 bits per heavy atom. The van der Waals surface area contributed by atoms with E-state index in [-0.39, 0.29) is 12.0 Å². The lowest BCUT2D eigenvalue weighted by Gasteiger charge is -2.38. The molecule has 1 heterocycles. The number of methoxy groups -OCH3 is 3. The van der Waals surface area contributed by atoms with Gasteiger partial charge in [-0.15, -0.1) is 0 Å². The van der Waals surface area contributed by atoms with Gasteiger partial charge in [0.2, 0.25) is 5.75 Å². The molecule has 2 unspecified atom stereocenters. The summed E-state index contributed by atoms with van der Waals surface area (Å²) in [4.78, 5) is 14.0. The SMILES string of the molecule is COc1cc(C(c2ccc3ccccc3c2)N2CCCC(C(=O)O)C2)cc(OC)c1OC. The predicted molar refractivity (Wildman–Crippen MR) is 124 cm³/mol. The molecule has 1 saturated heterocycles. The van der Waals surface area contributed by atoms with Crippen LogP contribution in [0.2, 0.25) is 0 Å². The topological polar surface area (TPSA) is 68.2 Å². The third kappa shape index (κ3) is 4.23. The van der Waals surface area contributed by atoms with Gasteiger partial charge >= 0.3 is 5.97 Å². The van der Waals surface area contributed by atoms with Crippen molar-refractivity contribution in [2.45, 2.75) is 18.9 Å². The van der Waals surface area contributed by atoms with E-state index < -0.39 is 5.97 Å². The van der Waals surface area contributed by atoms with Gasteiger partial charge < -0.3 is 19.3 Å². The van der Waals surface area contributed by atoms with Gasteiger partial charge in [-0.25, -0.2) is 0 Å². The Morgan fingerprint density at radius 1 is 0.938 bits per heavy atom. The number of aliphatic carboxylic acids is 1. The Balaban J connectivity index is 1.86. The van der Waals surface area contributed by atoms with E-state index in [1.54, 1.807) is 21.3 Å². The van der Waals surface area contributed by atoms with E-state index in [0.717, 1.165) is 29.5 Å². The van der Waals surface area contributed by atoms with Crippen LogP contribution in [0.4, 0.5) is 0 Å². The molecule has 1 N–H and O–H groups in total. The maximum Gasteiger partial charge on any atom is 0.307 e. The van der Waals surface area contributed by atoms with Crippen molar-refractivity contribution in [1.82, 2.24) is 4.90 Å². The van der Waals surface area contributed by atoms with Gasteiger partial charge in [-0.05, 0) is 59.5 Å². The first-order valence-electron chi connectivity index (χ1n) is 10.8. The molecule has 0 bridgehead atoms. The Morgan fingerprint density at radius 3 is 2.25 bits per heavy atom. The normalized spacial score (nSPS) is 17.7. The number of carboxylic acids is 1. The Bertz CT molecular complexity index is 1090. The predicted octanol–water partition coefficient (Wildman–Crippen LogP) is 4.75. The first-order valence-corrected chi connectivity index (χ1v) is 10.8. The monoisotopic (exact) mass is 435 g/mol. The molecular weight excluding hydrogens is 406 g/mol. The van der Waals surface area contributed by atoms with E-state index >= 15 is 0 Å². The molecule has 6 heteroatoms. The smallest absolute Gasteiger partial charge is 0.307 e. The standard InChI is InChI=1S/C26H29NO5/c1-30-22-14-21(15-23(31-2)25(22)32-3)24(27-12-6-9-20(16-27)26(28)29)19-11-10-17-7-4-5-8-18(17)13-19/h4-5,7-8,10-11,13-15,20,24H,6,9,12,16H2,1-3H3,(H,28,29). The van der Waals surface area contributed by atoms with E-state index in [1.807, 2.05) is 24.3 Å². The summed E-state index contributed by atoms with van der Waals surface area (Å²) >= 11 is 0. The Labute approximate surface area is 188 Å². The average Bonchev–Trinajstić information content (AvgIpc) is 2.83. The molecule has 2 atom stereocenters. The zero-order chi connectivity index (χ0) is 22.7. The third-order valence-electron chi connectivity index (χ3n) is 6.26. The number of benzene rings is 3. The summed E-state index contributed by atoms with van der Waals surface area (Å²) in [7, 11) is 4.80. The van der Waals surface area contributed by atoms with Gasteiger partial charge in [0.25, 0.3) is 0 Å². The highest BCUT2D eigenvalue weighted by Crippen LogP contribution is 2.43. The fourth-order valence-corrected chi connectivity index (χ4v) is 4.69. The molecule has 1 fully saturated rings. The molecule has 32 heavy (non-hydrogen) atoms. The highest BCUT2D eigenvalue weighted by molar-refractivity contribution is 5.83. The lowest BCUT2D eigenvalue weighted by atomic mass is 9.90. The maximum atomic E-state index is 11.8. The number of hydrogen-bond donors (Lipinski definition) is 1. The second-order valence-electron chi connectivity index (χ2n) is 8.14. The molecule has 0 amide bonds. The zero-order valence-corrected chi connectivity index (χ0v) is 18.7. The van der Waals surface area contributed by atoms with Crippen molar-refractivity contribution in [1.29, 1.82) is 0 Å². The molecule has 4 rings (SSSR count). The Hall–Kier alpha value is -3.25. The number of ether oxygens (including phenoxy) is 3. The van der Waals surface area contributed by atoms with E-state index in [0.29, 0.717) is 30.2 Å². The van der Waals surface area contributed by atoms with Crippen LogP contribution >= 0.6 is 0 Å². The fraction of sp³-hybridized carbons (Fsp3) is 0.346. The van der Waals surface area contributed by atoms with E-state index in [1.165, 1.54) is 5.39 Å². The minimum atomic E-state index is -0.739. The van der Waals surface area contributed by atoms with Crippen LogP contribution in [0.25, 0.3) is 10.8 Å². The minimum absolute atomic E-state index is 0.143. The van der Waals surface area contributed by atoms with Crippen molar-refractivity contribution in [2.75, 3.05) is 34.4 Å². The van der Waals surface area contributed by atoms with Crippen LogP contribution in [0, 0.1) is 5.92 Å². The van der Waals surface area contributed by atoms with Crippen LogP contribution in [0.3, 0.4) is 0 Å². The summed E-state index contributed by atoms with van der Waals surface area (Å²) in [6, 6.07) is 18.5. The van der Waals surface area contributed by atoms with Gasteiger partial charge in [0, 0.05) is 6.54 Å². The molecule has 1 aliphatic rings. The first kappa shape index (κ1) is 22.0. The van der Waals surface area contributed by atoms with Gasteiger partial charge in [-0.1, -0.05) is 36.4 Å². The summed E-state index contributed by atoms with van der Waals surface area (Å²) in [6.07, 6.45) is 1.54. The van der Waals surface area contributed by atoms with Gasteiger partial charge in [-0.2, -0.15) is 0 Å². The summed E-state index contributed by atoms with van der Waals surface area (Å²) in [5.41, 5.74) is 2.07. The van der Waals surface area contributed by atoms with E-state index in [2.05, 4.69) is 35.2 Å². The van der Waals surface area contributed by atoms with Crippen LogP contribution < -0.4 is 14.2 Å². The number of hydrogen-bond acceptors (Lipinski definition) is 5. The van der Waals surface area contributed by atoms with Gasteiger partial charge in [-0.3, -0.25) is 9.69 Å². The minimum Gasteiger partial charge on any atom is -0.493 e. The molecule has 168 valence electrons. The molecule has 3 aromatic carbocycles. The number of piperidine rings is 1. The molecule has 0 aromatic heterocycles. The molecule has 6 nitrogen and oxygen atoms in total. The van der Waals surface area contributed by atoms with Crippen molar-refractivity contribution < 1.29 is 24.1 Å². The second kappa shape index (κ2) is 9.49. The second-order valence-corrected chi connectivity index (χ2v) is 8.14. The Kier molecular flexibility index (Phi) is 6.51. The number of rotatable bonds is 7. The van der Waals surface area contributed by atoms with Gasteiger partial charge in [0.05, 0.1) is 33.3 Å². The number of likely N-dealkylation sites (tertiary alicyclic amines) is 1. The number of carboxylic acid groups (broad SMARTS) is 1. The van der Waals surface area contributed by atoms with E-state index in [9.17, 15) is 9.90 Å². The molecule has 0 saturated carbocycles. The number of carbonyl (C=O) groups is 1. The summed E-state index contributed by atoms with van der Waals surface area (Å²) in [5, 5.41) is 12.0. The lowest BCUT2D eigenvalue weighted by molar-refractivity contribution is -0.143. The van der Waals surface area contributed by atoms with Crippen LogP contribution in [-0.2, 0) is 4.79 Å². The average molecular weight is 436 g/mol. The van der Waals surface area contributed by atoms with Crippen molar-refractivity contribution in [3.05, 3.63) is 65.7 Å². The van der Waals surface area contributed by atoms with Crippen LogP contribution in [0.1, 0.15) is 30.0 Å². The molecule has 0 aliphatic carbocycles. The summed E-state index contributed by atoms with van der Waals surface area (Å²) < 4.78 is 16.7. The molecule has 1 aliphatic heterocycles. The fourth-order valence-electron chi connectivity index (χ4n) is 4.69. The molecule has 0 spiro atoms. The van der Waals surface area contributed by atoms with E-state index in [4.69, 9.17) is 14.2 Å². The molecule has 0 radical (unpaired) electrons. The van der Waals surface area contributed by atoms with Gasteiger partial charge in [0.15, 0.2) is 11.5 Å². The van der Waals surface area contributed by atoms with Crippen molar-refractivity contribution in [3.8, 4) is 17.2 Å². The summed E-state index contributed by atoms with van der Waals surface area (Å²) in [5.74, 6) is 0.586. The molecule has 3 aromatic rings. The van der Waals surface area contributed by atoms with Crippen LogP contribution in [0.15, 0.2) is 54.6 Å². The first-order chi connectivity index (χ1) is 15.5. The number of nitrogens with zero attached hydrogens (tertiary/aromatic N) is 1. The van der Waals surface area contributed by atoms with Crippen molar-refractivity contribution in [2.24, 2.45) is 5.92 Å². The van der Waals surface area contributed by atoms with Crippen molar-refractivity contribution >= 4 is 16.7 Å². The highest BCUT2D eigenvalue weighted by Gasteiger charge is 2.32. The maximum absolute atomic E-state index is 11.8. The number of fused-ring (bicyclic) bond motifs is 1. The lowest BCUT2D eigenvalue weighted by Crippen LogP contribution is -2.41. The highest BCUT2D eigenvalue weighted by atomic mass is 16.5. The van der Waals surface area contributed by atoms with Crippen molar-refractivity contribution in [3.63, 3.8) is 0 Å². The van der Waals surface area contributed by atoms with Crippen LogP contribution in [-0.4, -0.2) is 50.4 Å². The van der Waals surface area contributed by atoms with Gasteiger partial charge in [0.1, 0.15) is 0 Å². The third-order valence-corrected chi connectivity index (χ3v) is 6.26. The van der Waals surface area contributed by atoms with Crippen LogP contribution in [0.5, 0.6) is 17.2 Å². The summed E-state index contributed by atoms with van der Waals surface area (Å²) in [6.45, 7) is 1.31. The largest absolute Gasteiger partial charge is 0.493 e.